The molecule has 0 fully saturated rings. The summed E-state index contributed by atoms with van der Waals surface area (Å²) in [6, 6.07) is 24.1. The van der Waals surface area contributed by atoms with Gasteiger partial charge in [-0.25, -0.2) is 0 Å². The van der Waals surface area contributed by atoms with Crippen molar-refractivity contribution in [3.63, 3.8) is 0 Å². The normalized spacial score (nSPS) is 14.5. The van der Waals surface area contributed by atoms with E-state index < -0.39 is 24.0 Å². The van der Waals surface area contributed by atoms with Crippen molar-refractivity contribution in [1.29, 1.82) is 0 Å². The summed E-state index contributed by atoms with van der Waals surface area (Å²) >= 11 is 0. The Labute approximate surface area is 169 Å². The fourth-order valence-electron chi connectivity index (χ4n) is 4.12. The van der Waals surface area contributed by atoms with Crippen LogP contribution in [0.5, 0.6) is 0 Å². The van der Waals surface area contributed by atoms with Crippen molar-refractivity contribution < 1.29 is 14.3 Å². The molecule has 0 aromatic heterocycles. The lowest BCUT2D eigenvalue weighted by Crippen LogP contribution is -2.49. The first-order chi connectivity index (χ1) is 14.1. The zero-order valence-corrected chi connectivity index (χ0v) is 16.0. The van der Waals surface area contributed by atoms with Gasteiger partial charge in [0.25, 0.3) is 5.91 Å². The third-order valence-corrected chi connectivity index (χ3v) is 5.40. The van der Waals surface area contributed by atoms with E-state index >= 15 is 0 Å². The van der Waals surface area contributed by atoms with Crippen LogP contribution in [-0.4, -0.2) is 25.0 Å². The van der Waals surface area contributed by atoms with Crippen LogP contribution in [0.25, 0.3) is 11.1 Å². The molecule has 4 rings (SSSR count). The van der Waals surface area contributed by atoms with Crippen molar-refractivity contribution in [3.8, 4) is 11.1 Å². The van der Waals surface area contributed by atoms with Crippen molar-refractivity contribution in [3.05, 3.63) is 95.6 Å². The van der Waals surface area contributed by atoms with Crippen molar-refractivity contribution in [2.75, 3.05) is 7.11 Å². The zero-order valence-electron chi connectivity index (χ0n) is 16.0. The number of hydrogen-bond donors (Lipinski definition) is 2. The molecule has 0 radical (unpaired) electrons. The minimum atomic E-state index is -0.895. The van der Waals surface area contributed by atoms with E-state index in [1.54, 1.807) is 0 Å². The summed E-state index contributed by atoms with van der Waals surface area (Å²) in [5.74, 6) is -1.33. The van der Waals surface area contributed by atoms with E-state index in [-0.39, 0.29) is 5.92 Å². The van der Waals surface area contributed by atoms with Crippen LogP contribution < -0.4 is 11.1 Å². The molecule has 0 heterocycles. The highest BCUT2D eigenvalue weighted by atomic mass is 16.5. The van der Waals surface area contributed by atoms with Gasteiger partial charge >= 0.3 is 0 Å². The van der Waals surface area contributed by atoms with Gasteiger partial charge in [0.2, 0.25) is 5.91 Å². The summed E-state index contributed by atoms with van der Waals surface area (Å²) in [5.41, 5.74) is 10.5. The molecule has 0 spiro atoms. The molecule has 3 aromatic carbocycles. The molecule has 2 amide bonds. The molecular weight excluding hydrogens is 364 g/mol. The van der Waals surface area contributed by atoms with Gasteiger partial charge in [0.15, 0.2) is 6.10 Å². The second kappa shape index (κ2) is 7.89. The summed E-state index contributed by atoms with van der Waals surface area (Å²) in [7, 11) is 1.47. The summed E-state index contributed by atoms with van der Waals surface area (Å²) in [4.78, 5) is 25.5. The Hall–Kier alpha value is -3.44. The second-order valence-corrected chi connectivity index (χ2v) is 7.07. The number of rotatable bonds is 6. The Morgan fingerprint density at radius 1 is 0.862 bits per heavy atom. The van der Waals surface area contributed by atoms with Gasteiger partial charge in [-0.05, 0) is 27.8 Å². The van der Waals surface area contributed by atoms with E-state index in [1.165, 1.54) is 7.11 Å². The fourth-order valence-corrected chi connectivity index (χ4v) is 4.12. The molecule has 5 heteroatoms. The Morgan fingerprint density at radius 3 is 1.90 bits per heavy atom. The van der Waals surface area contributed by atoms with Gasteiger partial charge in [-0.1, -0.05) is 78.9 Å². The third-order valence-electron chi connectivity index (χ3n) is 5.40. The van der Waals surface area contributed by atoms with Gasteiger partial charge in [0.1, 0.15) is 6.04 Å². The number of nitrogens with two attached hydrogens (primary N) is 1. The number of hydrogen-bond acceptors (Lipinski definition) is 3. The van der Waals surface area contributed by atoms with Gasteiger partial charge in [-0.3, -0.25) is 9.59 Å². The maximum absolute atomic E-state index is 13.0. The van der Waals surface area contributed by atoms with E-state index in [9.17, 15) is 9.59 Å². The average Bonchev–Trinajstić information content (AvgIpc) is 3.07. The van der Waals surface area contributed by atoms with Gasteiger partial charge in [-0.15, -0.1) is 0 Å². The number of carbonyl (C=O) groups is 2. The topological polar surface area (TPSA) is 81.4 Å². The number of carbonyl (C=O) groups excluding carboxylic acids is 2. The van der Waals surface area contributed by atoms with Crippen molar-refractivity contribution >= 4 is 11.8 Å². The van der Waals surface area contributed by atoms with Crippen LogP contribution in [0, 0.1) is 0 Å². The van der Waals surface area contributed by atoms with Gasteiger partial charge in [-0.2, -0.15) is 0 Å². The predicted molar refractivity (Wildman–Crippen MR) is 111 cm³/mol. The van der Waals surface area contributed by atoms with E-state index in [0.717, 1.165) is 22.3 Å². The highest BCUT2D eigenvalue weighted by molar-refractivity contribution is 5.92. The smallest absolute Gasteiger partial charge is 0.254 e. The summed E-state index contributed by atoms with van der Waals surface area (Å²) < 4.78 is 5.42. The van der Waals surface area contributed by atoms with E-state index in [4.69, 9.17) is 10.5 Å². The van der Waals surface area contributed by atoms with Gasteiger partial charge in [0, 0.05) is 13.0 Å². The number of benzene rings is 3. The monoisotopic (exact) mass is 386 g/mol. The van der Waals surface area contributed by atoms with E-state index in [2.05, 4.69) is 5.32 Å². The fraction of sp³-hybridized carbons (Fsp3) is 0.167. The van der Waals surface area contributed by atoms with Crippen LogP contribution >= 0.6 is 0 Å². The average molecular weight is 386 g/mol. The number of amides is 2. The molecule has 0 aliphatic heterocycles. The first-order valence-corrected chi connectivity index (χ1v) is 9.47. The van der Waals surface area contributed by atoms with Crippen molar-refractivity contribution in [2.24, 2.45) is 5.73 Å². The molecule has 0 bridgehead atoms. The highest BCUT2D eigenvalue weighted by Crippen LogP contribution is 2.46. The van der Waals surface area contributed by atoms with Gasteiger partial charge < -0.3 is 15.8 Å². The molecule has 3 aromatic rings. The zero-order chi connectivity index (χ0) is 20.4. The lowest BCUT2D eigenvalue weighted by molar-refractivity contribution is -0.135. The minimum Gasteiger partial charge on any atom is -0.368 e. The third kappa shape index (κ3) is 3.41. The quantitative estimate of drug-likeness (QED) is 0.683. The lowest BCUT2D eigenvalue weighted by atomic mass is 9.88. The second-order valence-electron chi connectivity index (χ2n) is 7.07. The number of fused-ring (bicyclic) bond motifs is 3. The molecule has 0 saturated carbocycles. The maximum atomic E-state index is 13.0. The Balaban J connectivity index is 1.70. The number of methoxy groups -OCH3 is 1. The number of primary amides is 1. The van der Waals surface area contributed by atoms with Crippen molar-refractivity contribution in [1.82, 2.24) is 5.32 Å². The predicted octanol–water partition coefficient (Wildman–Crippen LogP) is 3.16. The summed E-state index contributed by atoms with van der Waals surface area (Å²) in [6.45, 7) is 0. The molecule has 3 N–H and O–H groups in total. The standard InChI is InChI=1S/C24H22N2O3/c1-29-22(15-9-3-2-4-10-15)24(28)26-21(23(25)27)20-18-13-7-5-11-16(18)17-12-6-8-14-19(17)20/h2-14,20-22H,1H3,(H2,25,27)(H,26,28)/t21-,22+/m1/s1. The van der Waals surface area contributed by atoms with Crippen LogP contribution in [0.3, 0.4) is 0 Å². The molecule has 5 nitrogen and oxygen atoms in total. The van der Waals surface area contributed by atoms with Crippen molar-refractivity contribution in [2.45, 2.75) is 18.1 Å². The molecule has 146 valence electrons. The van der Waals surface area contributed by atoms with Crippen LogP contribution in [0.4, 0.5) is 0 Å². The first-order valence-electron chi connectivity index (χ1n) is 9.47. The summed E-state index contributed by atoms with van der Waals surface area (Å²) in [5, 5.41) is 2.85. The Kier molecular flexibility index (Phi) is 5.14. The maximum Gasteiger partial charge on any atom is 0.254 e. The molecule has 1 aliphatic carbocycles. The number of nitrogens with one attached hydrogen (secondary N) is 1. The molecule has 29 heavy (non-hydrogen) atoms. The van der Waals surface area contributed by atoms with E-state index in [1.807, 2.05) is 78.9 Å². The molecule has 0 saturated heterocycles. The SMILES string of the molecule is CO[C@H](C(=O)N[C@@H](C(N)=O)C1c2ccccc2-c2ccccc21)c1ccccc1. The molecule has 0 unspecified atom stereocenters. The Bertz CT molecular complexity index is 1000. The summed E-state index contributed by atoms with van der Waals surface area (Å²) in [6.07, 6.45) is -0.829. The Morgan fingerprint density at radius 2 is 1.38 bits per heavy atom. The van der Waals surface area contributed by atoms with Crippen LogP contribution in [0.2, 0.25) is 0 Å². The largest absolute Gasteiger partial charge is 0.368 e. The molecule has 1 aliphatic rings. The van der Waals surface area contributed by atoms with E-state index in [0.29, 0.717) is 5.56 Å². The van der Waals surface area contributed by atoms with Crippen LogP contribution in [0.15, 0.2) is 78.9 Å². The molecular formula is C24H22N2O3. The lowest BCUT2D eigenvalue weighted by Gasteiger charge is -2.26. The number of ether oxygens (including phenoxy) is 1. The minimum absolute atomic E-state index is 0.350. The molecule has 2 atom stereocenters. The van der Waals surface area contributed by atoms with Gasteiger partial charge in [0.05, 0.1) is 0 Å². The van der Waals surface area contributed by atoms with Crippen LogP contribution in [0.1, 0.15) is 28.7 Å². The van der Waals surface area contributed by atoms with Crippen LogP contribution in [-0.2, 0) is 14.3 Å². The first kappa shape index (κ1) is 18.9. The highest BCUT2D eigenvalue weighted by Gasteiger charge is 2.38.